The molecule has 0 atom stereocenters. The highest BCUT2D eigenvalue weighted by molar-refractivity contribution is 9.10. The molecule has 6 nitrogen and oxygen atoms in total. The average molecular weight is 427 g/mol. The van der Waals surface area contributed by atoms with Gasteiger partial charge < -0.3 is 14.1 Å². The molecule has 1 aromatic heterocycles. The number of ether oxygens (including phenoxy) is 1. The Morgan fingerprint density at radius 1 is 1.40 bits per heavy atom. The van der Waals surface area contributed by atoms with Gasteiger partial charge in [0.15, 0.2) is 12.4 Å². The fraction of sp³-hybridized carbons (Fsp3) is 0.294. The van der Waals surface area contributed by atoms with Crippen molar-refractivity contribution in [3.63, 3.8) is 0 Å². The van der Waals surface area contributed by atoms with Crippen LogP contribution in [0.1, 0.15) is 18.6 Å². The van der Waals surface area contributed by atoms with Crippen molar-refractivity contribution in [1.29, 1.82) is 0 Å². The number of carbonyl (C=O) groups excluding carboxylic acids is 1. The van der Waals surface area contributed by atoms with Crippen molar-refractivity contribution in [1.82, 2.24) is 5.43 Å². The lowest BCUT2D eigenvalue weighted by Gasteiger charge is -2.13. The Morgan fingerprint density at radius 2 is 2.20 bits per heavy atom. The van der Waals surface area contributed by atoms with Crippen LogP contribution in [0.3, 0.4) is 0 Å². The van der Waals surface area contributed by atoms with Crippen molar-refractivity contribution in [3.8, 4) is 5.75 Å². The number of hydrazone groups is 1. The van der Waals surface area contributed by atoms with E-state index in [1.807, 2.05) is 6.07 Å². The van der Waals surface area contributed by atoms with Crippen LogP contribution in [0.15, 0.2) is 44.3 Å². The van der Waals surface area contributed by atoms with Crippen LogP contribution >= 0.6 is 27.5 Å². The highest BCUT2D eigenvalue weighted by Crippen LogP contribution is 2.31. The second kappa shape index (κ2) is 8.40. The van der Waals surface area contributed by atoms with Crippen LogP contribution in [0.2, 0.25) is 5.02 Å². The van der Waals surface area contributed by atoms with Gasteiger partial charge in [-0.3, -0.25) is 4.79 Å². The van der Waals surface area contributed by atoms with Gasteiger partial charge in [0.2, 0.25) is 5.88 Å². The minimum atomic E-state index is -0.374. The maximum Gasteiger partial charge on any atom is 0.277 e. The van der Waals surface area contributed by atoms with Gasteiger partial charge in [-0.2, -0.15) is 5.10 Å². The van der Waals surface area contributed by atoms with Gasteiger partial charge in [0.25, 0.3) is 5.91 Å². The molecule has 0 bridgehead atoms. The van der Waals surface area contributed by atoms with E-state index in [1.165, 1.54) is 19.1 Å². The molecular weight excluding hydrogens is 410 g/mol. The lowest BCUT2D eigenvalue weighted by molar-refractivity contribution is -0.123. The molecule has 2 heterocycles. The summed E-state index contributed by atoms with van der Waals surface area (Å²) in [6.45, 7) is 1.82. The summed E-state index contributed by atoms with van der Waals surface area (Å²) in [5.74, 6) is 1.51. The molecule has 0 aliphatic carbocycles. The maximum absolute atomic E-state index is 11.7. The number of nitrogens with zero attached hydrogens (tertiary/aromatic N) is 2. The van der Waals surface area contributed by atoms with E-state index in [-0.39, 0.29) is 12.5 Å². The number of anilines is 1. The highest BCUT2D eigenvalue weighted by Gasteiger charge is 2.19. The summed E-state index contributed by atoms with van der Waals surface area (Å²) in [4.78, 5) is 13.9. The molecule has 0 saturated carbocycles. The lowest BCUT2D eigenvalue weighted by atomic mass is 10.3. The molecule has 1 aliphatic rings. The van der Waals surface area contributed by atoms with E-state index < -0.39 is 0 Å². The van der Waals surface area contributed by atoms with E-state index >= 15 is 0 Å². The monoisotopic (exact) mass is 425 g/mol. The zero-order valence-electron chi connectivity index (χ0n) is 13.4. The number of amides is 1. The predicted octanol–water partition coefficient (Wildman–Crippen LogP) is 3.82. The molecule has 3 rings (SSSR count). The molecule has 1 N–H and O–H groups in total. The third kappa shape index (κ3) is 4.99. The molecule has 0 spiro atoms. The van der Waals surface area contributed by atoms with Crippen LogP contribution in [-0.4, -0.2) is 31.8 Å². The minimum absolute atomic E-state index is 0.154. The molecule has 1 amide bonds. The van der Waals surface area contributed by atoms with Crippen LogP contribution in [0.5, 0.6) is 5.75 Å². The van der Waals surface area contributed by atoms with E-state index in [2.05, 4.69) is 31.4 Å². The zero-order chi connectivity index (χ0) is 17.6. The van der Waals surface area contributed by atoms with Gasteiger partial charge in [-0.25, -0.2) is 5.43 Å². The number of carbonyl (C=O) groups is 1. The normalized spacial score (nSPS) is 14.2. The number of furan rings is 1. The fourth-order valence-electron chi connectivity index (χ4n) is 2.48. The summed E-state index contributed by atoms with van der Waals surface area (Å²) in [6, 6.07) is 8.67. The second-order valence-corrected chi connectivity index (χ2v) is 6.83. The van der Waals surface area contributed by atoms with E-state index in [9.17, 15) is 4.79 Å². The standard InChI is InChI=1S/C17H17BrClN3O3/c18-15-9-14(25-17(15)22-6-1-2-7-22)10-20-21-16(23)11-24-13-5-3-4-12(19)8-13/h3-5,8-10H,1-2,6-7,11H2,(H,21,23)/b20-10+. The smallest absolute Gasteiger partial charge is 0.277 e. The second-order valence-electron chi connectivity index (χ2n) is 5.54. The molecule has 25 heavy (non-hydrogen) atoms. The highest BCUT2D eigenvalue weighted by atomic mass is 79.9. The Morgan fingerprint density at radius 3 is 2.96 bits per heavy atom. The Balaban J connectivity index is 1.49. The molecule has 1 aliphatic heterocycles. The Hall–Kier alpha value is -1.99. The van der Waals surface area contributed by atoms with Gasteiger partial charge in [-0.1, -0.05) is 17.7 Å². The van der Waals surface area contributed by atoms with Gasteiger partial charge in [-0.05, 0) is 47.0 Å². The first-order valence-corrected chi connectivity index (χ1v) is 9.03. The van der Waals surface area contributed by atoms with E-state index in [0.29, 0.717) is 16.5 Å². The van der Waals surface area contributed by atoms with Crippen molar-refractivity contribution < 1.29 is 13.9 Å². The largest absolute Gasteiger partial charge is 0.484 e. The van der Waals surface area contributed by atoms with E-state index in [4.69, 9.17) is 20.8 Å². The van der Waals surface area contributed by atoms with Crippen LogP contribution in [0.25, 0.3) is 0 Å². The molecule has 1 aromatic carbocycles. The number of halogens is 2. The van der Waals surface area contributed by atoms with Gasteiger partial charge in [0.1, 0.15) is 5.75 Å². The van der Waals surface area contributed by atoms with Crippen LogP contribution in [-0.2, 0) is 4.79 Å². The van der Waals surface area contributed by atoms with Crippen LogP contribution in [0.4, 0.5) is 5.88 Å². The predicted molar refractivity (Wildman–Crippen MR) is 101 cm³/mol. The first-order chi connectivity index (χ1) is 12.1. The summed E-state index contributed by atoms with van der Waals surface area (Å²) in [6.07, 6.45) is 3.79. The summed E-state index contributed by atoms with van der Waals surface area (Å²) in [5.41, 5.74) is 2.40. The zero-order valence-corrected chi connectivity index (χ0v) is 15.7. The van der Waals surface area contributed by atoms with E-state index in [1.54, 1.807) is 24.3 Å². The lowest BCUT2D eigenvalue weighted by Crippen LogP contribution is -2.24. The van der Waals surface area contributed by atoms with Gasteiger partial charge in [-0.15, -0.1) is 0 Å². The molecule has 0 unspecified atom stereocenters. The topological polar surface area (TPSA) is 67.1 Å². The fourth-order valence-corrected chi connectivity index (χ4v) is 3.22. The molecule has 132 valence electrons. The van der Waals surface area contributed by atoms with Crippen molar-refractivity contribution >= 4 is 45.5 Å². The molecule has 0 radical (unpaired) electrons. The van der Waals surface area contributed by atoms with Crippen molar-refractivity contribution in [3.05, 3.63) is 45.6 Å². The van der Waals surface area contributed by atoms with Gasteiger partial charge >= 0.3 is 0 Å². The average Bonchev–Trinajstić information content (AvgIpc) is 3.22. The minimum Gasteiger partial charge on any atom is -0.484 e. The molecule has 2 aromatic rings. The number of benzene rings is 1. The molecular formula is C17H17BrClN3O3. The summed E-state index contributed by atoms with van der Waals surface area (Å²) in [5, 5.41) is 4.44. The van der Waals surface area contributed by atoms with Crippen LogP contribution in [0, 0.1) is 0 Å². The van der Waals surface area contributed by atoms with Crippen molar-refractivity contribution in [2.75, 3.05) is 24.6 Å². The third-order valence-electron chi connectivity index (χ3n) is 3.63. The number of hydrogen-bond donors (Lipinski definition) is 1. The van der Waals surface area contributed by atoms with Crippen molar-refractivity contribution in [2.24, 2.45) is 5.10 Å². The Kier molecular flexibility index (Phi) is 5.99. The number of nitrogens with one attached hydrogen (secondary N) is 1. The Bertz CT molecular complexity index is 772. The maximum atomic E-state index is 11.7. The number of rotatable bonds is 6. The van der Waals surface area contributed by atoms with Gasteiger partial charge in [0, 0.05) is 24.2 Å². The quantitative estimate of drug-likeness (QED) is 0.563. The Labute approximate surface area is 158 Å². The summed E-state index contributed by atoms with van der Waals surface area (Å²) in [7, 11) is 0. The SMILES string of the molecule is O=C(COc1cccc(Cl)c1)N/N=C/c1cc(Br)c(N2CCCC2)o1. The van der Waals surface area contributed by atoms with Gasteiger partial charge in [0.05, 0.1) is 10.7 Å². The first kappa shape index (κ1) is 17.8. The van der Waals surface area contributed by atoms with E-state index in [0.717, 1.165) is 23.4 Å². The van der Waals surface area contributed by atoms with Crippen LogP contribution < -0.4 is 15.1 Å². The molecule has 8 heteroatoms. The molecule has 1 fully saturated rings. The third-order valence-corrected chi connectivity index (χ3v) is 4.43. The first-order valence-electron chi connectivity index (χ1n) is 7.86. The summed E-state index contributed by atoms with van der Waals surface area (Å²) >= 11 is 9.34. The van der Waals surface area contributed by atoms with Crippen molar-refractivity contribution in [2.45, 2.75) is 12.8 Å². The summed E-state index contributed by atoms with van der Waals surface area (Å²) < 4.78 is 12.0. The number of hydrogen-bond acceptors (Lipinski definition) is 5. The molecule has 1 saturated heterocycles.